The predicted molar refractivity (Wildman–Crippen MR) is 112 cm³/mol. The Balaban J connectivity index is 1.94. The zero-order chi connectivity index (χ0) is 21.6. The van der Waals surface area contributed by atoms with Gasteiger partial charge in [-0.25, -0.2) is 4.79 Å². The van der Waals surface area contributed by atoms with Gasteiger partial charge in [0, 0.05) is 18.9 Å². The number of benzene rings is 1. The third-order valence-corrected chi connectivity index (χ3v) is 5.32. The summed E-state index contributed by atoms with van der Waals surface area (Å²) in [6.45, 7) is 5.94. The van der Waals surface area contributed by atoms with E-state index in [4.69, 9.17) is 4.74 Å². The molecule has 4 rings (SSSR count). The molecule has 0 radical (unpaired) electrons. The lowest BCUT2D eigenvalue weighted by Gasteiger charge is -2.10. The molecule has 30 heavy (non-hydrogen) atoms. The first-order chi connectivity index (χ1) is 14.3. The van der Waals surface area contributed by atoms with E-state index in [9.17, 15) is 14.4 Å². The molecule has 0 fully saturated rings. The van der Waals surface area contributed by atoms with Crippen molar-refractivity contribution in [3.8, 4) is 0 Å². The maximum absolute atomic E-state index is 13.3. The molecule has 0 atom stereocenters. The minimum absolute atomic E-state index is 0.0230. The Bertz CT molecular complexity index is 1400. The zero-order valence-corrected chi connectivity index (χ0v) is 17.4. The number of nitrogens with zero attached hydrogens (tertiary/aromatic N) is 5. The van der Waals surface area contributed by atoms with Gasteiger partial charge in [0.15, 0.2) is 11.2 Å². The second kappa shape index (κ2) is 7.33. The van der Waals surface area contributed by atoms with Crippen molar-refractivity contribution in [2.24, 2.45) is 7.05 Å². The lowest BCUT2D eigenvalue weighted by molar-refractivity contribution is -0.143. The van der Waals surface area contributed by atoms with E-state index in [0.29, 0.717) is 11.3 Å². The standard InChI is InChI=1S/C21H23N5O4/c1-5-30-16(27)12-24-14(3)10-25-17-18(22-20(24)25)23(4)21(29)26(19(17)28)11-15-9-7-6-8-13(15)2/h6-10H,5,11-12H2,1-4H3. The van der Waals surface area contributed by atoms with Gasteiger partial charge >= 0.3 is 11.7 Å². The maximum Gasteiger partial charge on any atom is 0.332 e. The molecule has 0 saturated carbocycles. The first-order valence-corrected chi connectivity index (χ1v) is 9.71. The molecule has 0 aliphatic carbocycles. The molecule has 9 heteroatoms. The first-order valence-electron chi connectivity index (χ1n) is 9.71. The highest BCUT2D eigenvalue weighted by molar-refractivity contribution is 5.77. The fourth-order valence-corrected chi connectivity index (χ4v) is 3.68. The fourth-order valence-electron chi connectivity index (χ4n) is 3.68. The molecule has 3 aromatic heterocycles. The van der Waals surface area contributed by atoms with Crippen LogP contribution in [0, 0.1) is 13.8 Å². The molecule has 0 unspecified atom stereocenters. The minimum Gasteiger partial charge on any atom is -0.465 e. The first kappa shape index (κ1) is 19.7. The zero-order valence-electron chi connectivity index (χ0n) is 17.4. The maximum atomic E-state index is 13.3. The Labute approximate surface area is 171 Å². The highest BCUT2D eigenvalue weighted by Gasteiger charge is 2.21. The summed E-state index contributed by atoms with van der Waals surface area (Å²) >= 11 is 0. The van der Waals surface area contributed by atoms with E-state index < -0.39 is 17.2 Å². The molecule has 0 saturated heterocycles. The van der Waals surface area contributed by atoms with Gasteiger partial charge in [0.2, 0.25) is 5.78 Å². The Morgan fingerprint density at radius 2 is 1.87 bits per heavy atom. The van der Waals surface area contributed by atoms with Crippen LogP contribution < -0.4 is 11.2 Å². The number of imidazole rings is 2. The summed E-state index contributed by atoms with van der Waals surface area (Å²) in [6, 6.07) is 7.64. The molecule has 1 aromatic carbocycles. The van der Waals surface area contributed by atoms with Gasteiger partial charge in [-0.15, -0.1) is 0 Å². The number of hydrogen-bond acceptors (Lipinski definition) is 5. The minimum atomic E-state index is -0.440. The second-order valence-corrected chi connectivity index (χ2v) is 7.28. The predicted octanol–water partition coefficient (Wildman–Crippen LogP) is 1.38. The van der Waals surface area contributed by atoms with Crippen LogP contribution in [0.1, 0.15) is 23.7 Å². The average molecular weight is 409 g/mol. The van der Waals surface area contributed by atoms with Gasteiger partial charge in [-0.1, -0.05) is 24.3 Å². The van der Waals surface area contributed by atoms with Gasteiger partial charge in [0.05, 0.1) is 13.2 Å². The molecule has 0 bridgehead atoms. The Hall–Kier alpha value is -3.62. The SMILES string of the molecule is CCOC(=O)Cn1c(C)cn2c3c(=O)n(Cc4ccccc4C)c(=O)n(C)c3nc12. The van der Waals surface area contributed by atoms with E-state index in [1.165, 1.54) is 9.13 Å². The Kier molecular flexibility index (Phi) is 4.81. The molecule has 0 N–H and O–H groups in total. The van der Waals surface area contributed by atoms with E-state index >= 15 is 0 Å². The summed E-state index contributed by atoms with van der Waals surface area (Å²) in [4.78, 5) is 42.8. The number of esters is 1. The van der Waals surface area contributed by atoms with Crippen LogP contribution in [0.15, 0.2) is 40.1 Å². The number of fused-ring (bicyclic) bond motifs is 3. The molecular formula is C21H23N5O4. The monoisotopic (exact) mass is 409 g/mol. The highest BCUT2D eigenvalue weighted by atomic mass is 16.5. The molecule has 156 valence electrons. The van der Waals surface area contributed by atoms with Crippen LogP contribution in [0.3, 0.4) is 0 Å². The van der Waals surface area contributed by atoms with Crippen LogP contribution in [0.2, 0.25) is 0 Å². The van der Waals surface area contributed by atoms with E-state index in [1.807, 2.05) is 38.1 Å². The summed E-state index contributed by atoms with van der Waals surface area (Å²) in [5, 5.41) is 0. The van der Waals surface area contributed by atoms with Crippen LogP contribution in [0.4, 0.5) is 0 Å². The molecule has 0 amide bonds. The third kappa shape index (κ3) is 3.02. The van der Waals surface area contributed by atoms with Gasteiger partial charge < -0.3 is 9.30 Å². The molecule has 3 heterocycles. The molecule has 0 spiro atoms. The van der Waals surface area contributed by atoms with Crippen molar-refractivity contribution in [3.63, 3.8) is 0 Å². The topological polar surface area (TPSA) is 92.5 Å². The summed E-state index contributed by atoms with van der Waals surface area (Å²) in [6.07, 6.45) is 1.74. The Morgan fingerprint density at radius 1 is 1.13 bits per heavy atom. The van der Waals surface area contributed by atoms with Crippen molar-refractivity contribution in [3.05, 3.63) is 68.1 Å². The summed E-state index contributed by atoms with van der Waals surface area (Å²) < 4.78 is 10.9. The van der Waals surface area contributed by atoms with E-state index in [2.05, 4.69) is 4.98 Å². The van der Waals surface area contributed by atoms with Crippen molar-refractivity contribution in [1.29, 1.82) is 0 Å². The van der Waals surface area contributed by atoms with Gasteiger partial charge in [0.1, 0.15) is 6.54 Å². The Morgan fingerprint density at radius 3 is 2.57 bits per heavy atom. The van der Waals surface area contributed by atoms with E-state index in [-0.39, 0.29) is 25.3 Å². The number of aromatic nitrogens is 5. The molecule has 9 nitrogen and oxygen atoms in total. The lowest BCUT2D eigenvalue weighted by atomic mass is 10.1. The fraction of sp³-hybridized carbons (Fsp3) is 0.333. The quantitative estimate of drug-likeness (QED) is 0.464. The average Bonchev–Trinajstić information content (AvgIpc) is 3.21. The van der Waals surface area contributed by atoms with Crippen LogP contribution in [0.5, 0.6) is 0 Å². The van der Waals surface area contributed by atoms with Gasteiger partial charge in [-0.2, -0.15) is 4.98 Å². The number of carbonyl (C=O) groups is 1. The molecule has 0 aliphatic heterocycles. The second-order valence-electron chi connectivity index (χ2n) is 7.28. The number of ether oxygens (including phenoxy) is 1. The number of aryl methyl sites for hydroxylation is 3. The van der Waals surface area contributed by atoms with Gasteiger partial charge in [-0.05, 0) is 31.9 Å². The van der Waals surface area contributed by atoms with Crippen molar-refractivity contribution in [1.82, 2.24) is 23.1 Å². The highest BCUT2D eigenvalue weighted by Crippen LogP contribution is 2.17. The number of rotatable bonds is 5. The van der Waals surface area contributed by atoms with Crippen LogP contribution in [-0.2, 0) is 29.7 Å². The van der Waals surface area contributed by atoms with Gasteiger partial charge in [0.25, 0.3) is 5.56 Å². The van der Waals surface area contributed by atoms with E-state index in [1.54, 1.807) is 29.1 Å². The summed E-state index contributed by atoms with van der Waals surface area (Å²) in [5.41, 5.74) is 2.37. The lowest BCUT2D eigenvalue weighted by Crippen LogP contribution is -2.39. The molecular weight excluding hydrogens is 386 g/mol. The smallest absolute Gasteiger partial charge is 0.332 e. The van der Waals surface area contributed by atoms with Crippen molar-refractivity contribution in [2.45, 2.75) is 33.9 Å². The van der Waals surface area contributed by atoms with Crippen molar-refractivity contribution < 1.29 is 9.53 Å². The summed E-state index contributed by atoms with van der Waals surface area (Å²) in [5.74, 6) is 0.0212. The van der Waals surface area contributed by atoms with Gasteiger partial charge in [-0.3, -0.25) is 23.1 Å². The number of hydrogen-bond donors (Lipinski definition) is 0. The van der Waals surface area contributed by atoms with Crippen LogP contribution in [-0.4, -0.2) is 35.7 Å². The summed E-state index contributed by atoms with van der Waals surface area (Å²) in [7, 11) is 1.59. The molecule has 4 aromatic rings. The van der Waals surface area contributed by atoms with Crippen molar-refractivity contribution >= 4 is 22.9 Å². The largest absolute Gasteiger partial charge is 0.465 e. The molecule has 0 aliphatic rings. The van der Waals surface area contributed by atoms with E-state index in [0.717, 1.165) is 16.8 Å². The normalized spacial score (nSPS) is 11.5. The van der Waals surface area contributed by atoms with Crippen LogP contribution in [0.25, 0.3) is 16.9 Å². The van der Waals surface area contributed by atoms with Crippen molar-refractivity contribution in [2.75, 3.05) is 6.61 Å². The van der Waals surface area contributed by atoms with Crippen LogP contribution >= 0.6 is 0 Å². The third-order valence-electron chi connectivity index (χ3n) is 5.32. The number of carbonyl (C=O) groups excluding carboxylic acids is 1.